The number of β-lactam (4-membered cyclic amide) rings is 1. The molecule has 1 unspecified atom stereocenters. The zero-order chi connectivity index (χ0) is 21.7. The molecule has 3 N–H and O–H groups in total. The average Bonchev–Trinajstić information content (AvgIpc) is 3.18. The maximum absolute atomic E-state index is 12.7. The van der Waals surface area contributed by atoms with Crippen molar-refractivity contribution in [2.45, 2.75) is 11.4 Å². The van der Waals surface area contributed by atoms with Crippen LogP contribution in [0.15, 0.2) is 22.3 Å². The molecule has 1 fully saturated rings. The van der Waals surface area contributed by atoms with Gasteiger partial charge in [-0.1, -0.05) is 17.0 Å². The summed E-state index contributed by atoms with van der Waals surface area (Å²) in [6, 6.07) is -0.840. The molecule has 1 aromatic heterocycles. The van der Waals surface area contributed by atoms with Gasteiger partial charge in [0.05, 0.1) is 5.88 Å². The van der Waals surface area contributed by atoms with Crippen LogP contribution >= 0.6 is 34.7 Å². The molecule has 30 heavy (non-hydrogen) atoms. The molecule has 0 saturated carbocycles. The van der Waals surface area contributed by atoms with Gasteiger partial charge < -0.3 is 20.6 Å². The van der Waals surface area contributed by atoms with Crippen molar-refractivity contribution >= 4 is 63.3 Å². The van der Waals surface area contributed by atoms with E-state index in [1.54, 1.807) is 11.5 Å². The number of hydrogen-bond acceptors (Lipinski definition) is 10. The number of nitrogen functional groups attached to an aromatic ring is 1. The number of esters is 1. The number of amides is 2. The van der Waals surface area contributed by atoms with Crippen LogP contribution < -0.4 is 11.1 Å². The summed E-state index contributed by atoms with van der Waals surface area (Å²) in [4.78, 5) is 47.6. The lowest BCUT2D eigenvalue weighted by Gasteiger charge is -2.48. The fourth-order valence-electron chi connectivity index (χ4n) is 2.71. The Bertz CT molecular complexity index is 983. The average molecular weight is 470 g/mol. The zero-order valence-electron chi connectivity index (χ0n) is 15.6. The summed E-state index contributed by atoms with van der Waals surface area (Å²) in [6.45, 7) is -0.128. The largest absolute Gasteiger partial charge is 0.448 e. The highest BCUT2D eigenvalue weighted by atomic mass is 35.5. The maximum atomic E-state index is 12.7. The van der Waals surface area contributed by atoms with Crippen molar-refractivity contribution in [1.29, 1.82) is 0 Å². The first-order valence-electron chi connectivity index (χ1n) is 8.45. The quantitative estimate of drug-likeness (QED) is 0.150. The Labute approximate surface area is 184 Å². The van der Waals surface area contributed by atoms with Crippen LogP contribution in [0.5, 0.6) is 0 Å². The van der Waals surface area contributed by atoms with E-state index in [-0.39, 0.29) is 34.7 Å². The first kappa shape index (κ1) is 21.9. The number of nitrogens with zero attached hydrogens (tertiary/aromatic N) is 3. The molecule has 0 spiro atoms. The van der Waals surface area contributed by atoms with Crippen LogP contribution in [0.3, 0.4) is 0 Å². The minimum atomic E-state index is -0.840. The van der Waals surface area contributed by atoms with Gasteiger partial charge in [0.2, 0.25) is 0 Å². The molecular weight excluding hydrogens is 454 g/mol. The standard InChI is InChI=1S/C17H16ClN5O5S2/c1-27-22-11(9-8-30-17(19)20-9)13(24)21-12-14(25)23-10(4-7-29-15(12)23)16(26)28-6-3-2-5-18/h4,8,12,15H,5-7H2,1H3,(H2,19,20)(H,21,24)/t12?,15-/m1/s1. The van der Waals surface area contributed by atoms with Gasteiger partial charge in [-0.3, -0.25) is 14.5 Å². The molecule has 2 aliphatic rings. The van der Waals surface area contributed by atoms with Crippen molar-refractivity contribution < 1.29 is 24.0 Å². The Balaban J connectivity index is 1.67. The van der Waals surface area contributed by atoms with Crippen LogP contribution in [-0.4, -0.2) is 70.1 Å². The molecule has 1 aromatic rings. The van der Waals surface area contributed by atoms with Gasteiger partial charge in [-0.2, -0.15) is 0 Å². The molecule has 10 nitrogen and oxygen atoms in total. The second-order valence-corrected chi connectivity index (χ2v) is 8.04. The Morgan fingerprint density at radius 1 is 1.50 bits per heavy atom. The molecule has 1 saturated heterocycles. The Morgan fingerprint density at radius 2 is 2.30 bits per heavy atom. The lowest BCUT2D eigenvalue weighted by atomic mass is 10.0. The number of anilines is 1. The predicted octanol–water partition coefficient (Wildman–Crippen LogP) is 0.145. The van der Waals surface area contributed by atoms with Gasteiger partial charge in [-0.15, -0.1) is 34.7 Å². The fraction of sp³-hybridized carbons (Fsp3) is 0.353. The number of nitrogens with one attached hydrogen (secondary N) is 1. The van der Waals surface area contributed by atoms with Crippen molar-refractivity contribution in [2.75, 3.05) is 31.1 Å². The maximum Gasteiger partial charge on any atom is 0.355 e. The van der Waals surface area contributed by atoms with Crippen molar-refractivity contribution in [3.63, 3.8) is 0 Å². The number of carbonyl (C=O) groups excluding carboxylic acids is 3. The number of thiazole rings is 1. The van der Waals surface area contributed by atoms with Gasteiger partial charge in [-0.05, 0) is 6.08 Å². The second-order valence-electron chi connectivity index (χ2n) is 5.73. The van der Waals surface area contributed by atoms with E-state index in [1.807, 2.05) is 0 Å². The number of oxime groups is 1. The monoisotopic (exact) mass is 469 g/mol. The highest BCUT2D eigenvalue weighted by Crippen LogP contribution is 2.37. The van der Waals surface area contributed by atoms with E-state index in [0.29, 0.717) is 5.75 Å². The Morgan fingerprint density at radius 3 is 2.97 bits per heavy atom. The van der Waals surface area contributed by atoms with Gasteiger partial charge in [0.25, 0.3) is 11.8 Å². The number of halogens is 1. The number of fused-ring (bicyclic) bond motifs is 1. The van der Waals surface area contributed by atoms with Crippen LogP contribution in [0.25, 0.3) is 0 Å². The van der Waals surface area contributed by atoms with E-state index in [1.165, 1.54) is 23.8 Å². The summed E-state index contributed by atoms with van der Waals surface area (Å²) in [7, 11) is 1.29. The highest BCUT2D eigenvalue weighted by molar-refractivity contribution is 8.00. The van der Waals surface area contributed by atoms with E-state index >= 15 is 0 Å². The van der Waals surface area contributed by atoms with Crippen molar-refractivity contribution in [1.82, 2.24) is 15.2 Å². The Hall–Kier alpha value is -2.75. The lowest BCUT2D eigenvalue weighted by Crippen LogP contribution is -2.70. The number of thioether (sulfide) groups is 1. The number of nitrogens with two attached hydrogens (primary N) is 1. The van der Waals surface area contributed by atoms with Crippen LogP contribution in [0.2, 0.25) is 0 Å². The molecule has 2 atom stereocenters. The molecule has 3 heterocycles. The second kappa shape index (κ2) is 9.84. The number of aromatic nitrogens is 1. The molecule has 3 rings (SSSR count). The molecule has 0 aliphatic carbocycles. The predicted molar refractivity (Wildman–Crippen MR) is 113 cm³/mol. The normalized spacial score (nSPS) is 20.2. The van der Waals surface area contributed by atoms with Gasteiger partial charge >= 0.3 is 5.97 Å². The summed E-state index contributed by atoms with van der Waals surface area (Å²) in [6.07, 6.45) is 1.60. The Kier molecular flexibility index (Phi) is 7.20. The summed E-state index contributed by atoms with van der Waals surface area (Å²) in [5.41, 5.74) is 5.86. The van der Waals surface area contributed by atoms with Crippen LogP contribution in [0, 0.1) is 11.8 Å². The number of alkyl halides is 1. The van der Waals surface area contributed by atoms with Gasteiger partial charge in [0, 0.05) is 11.1 Å². The van der Waals surface area contributed by atoms with E-state index in [9.17, 15) is 14.4 Å². The zero-order valence-corrected chi connectivity index (χ0v) is 18.0. The van der Waals surface area contributed by atoms with Gasteiger partial charge in [-0.25, -0.2) is 9.78 Å². The highest BCUT2D eigenvalue weighted by Gasteiger charge is 2.53. The van der Waals surface area contributed by atoms with Gasteiger partial charge in [0.1, 0.15) is 29.9 Å². The molecule has 0 radical (unpaired) electrons. The van der Waals surface area contributed by atoms with Crippen LogP contribution in [0.4, 0.5) is 5.13 Å². The fourth-order valence-corrected chi connectivity index (χ4v) is 4.54. The van der Waals surface area contributed by atoms with Gasteiger partial charge in [0.15, 0.2) is 17.5 Å². The van der Waals surface area contributed by atoms with Crippen molar-refractivity contribution in [3.05, 3.63) is 22.8 Å². The molecular formula is C17H16ClN5O5S2. The van der Waals surface area contributed by atoms with E-state index in [0.717, 1.165) is 11.3 Å². The molecule has 0 bridgehead atoms. The molecule has 2 aliphatic heterocycles. The SMILES string of the molecule is CON=C(C(=O)NC1C(=O)N2C(C(=O)OCC#CCCl)=CCS[C@H]12)c1csc(N)n1. The van der Waals surface area contributed by atoms with Crippen LogP contribution in [0.1, 0.15) is 5.69 Å². The lowest BCUT2D eigenvalue weighted by molar-refractivity contribution is -0.151. The molecule has 158 valence electrons. The van der Waals surface area contributed by atoms with Crippen LogP contribution in [-0.2, 0) is 24.0 Å². The summed E-state index contributed by atoms with van der Waals surface area (Å²) < 4.78 is 5.05. The summed E-state index contributed by atoms with van der Waals surface area (Å²) in [5.74, 6) is 4.00. The summed E-state index contributed by atoms with van der Waals surface area (Å²) >= 11 is 7.98. The van der Waals surface area contributed by atoms with E-state index in [4.69, 9.17) is 26.9 Å². The topological polar surface area (TPSA) is 136 Å². The first-order valence-corrected chi connectivity index (χ1v) is 10.9. The van der Waals surface area contributed by atoms with E-state index in [2.05, 4.69) is 27.3 Å². The molecule has 13 heteroatoms. The molecule has 2 amide bonds. The van der Waals surface area contributed by atoms with Crippen molar-refractivity contribution in [3.8, 4) is 11.8 Å². The third-order valence-corrected chi connectivity index (χ3v) is 5.96. The third kappa shape index (κ3) is 4.53. The van der Waals surface area contributed by atoms with E-state index < -0.39 is 29.2 Å². The van der Waals surface area contributed by atoms with Crippen molar-refractivity contribution in [2.24, 2.45) is 5.16 Å². The smallest absolute Gasteiger partial charge is 0.355 e. The number of rotatable bonds is 6. The number of carbonyl (C=O) groups is 3. The number of ether oxygens (including phenoxy) is 1. The third-order valence-electron chi connectivity index (χ3n) is 3.97. The number of hydrogen-bond donors (Lipinski definition) is 2. The molecule has 0 aromatic carbocycles. The first-order chi connectivity index (χ1) is 14.5. The minimum Gasteiger partial charge on any atom is -0.448 e. The minimum absolute atomic E-state index is 0.106. The summed E-state index contributed by atoms with van der Waals surface area (Å²) in [5, 5.41) is 7.69.